The smallest absolute Gasteiger partial charge is 0.170 e. The Balaban J connectivity index is 2.95. The molecule has 1 heteroatoms. The van der Waals surface area contributed by atoms with Crippen molar-refractivity contribution in [3.05, 3.63) is 35.4 Å². The Morgan fingerprint density at radius 2 is 1.50 bits per heavy atom. The summed E-state index contributed by atoms with van der Waals surface area (Å²) in [6, 6.07) is 8.74. The largest absolute Gasteiger partial charge is 0.241 e. The molecule has 0 spiro atoms. The minimum atomic E-state index is 0.247. The van der Waals surface area contributed by atoms with Gasteiger partial charge in [-0.05, 0) is 23.1 Å². The normalized spacial score (nSPS) is 11.2. The summed E-state index contributed by atoms with van der Waals surface area (Å²) in [5, 5.41) is 0. The summed E-state index contributed by atoms with van der Waals surface area (Å²) in [6.45, 7) is 6.70. The van der Waals surface area contributed by atoms with Crippen molar-refractivity contribution in [2.24, 2.45) is 0 Å². The van der Waals surface area contributed by atoms with Crippen molar-refractivity contribution < 1.29 is 4.58 Å². The van der Waals surface area contributed by atoms with E-state index < -0.39 is 0 Å². The number of benzene rings is 1. The van der Waals surface area contributed by atoms with E-state index in [0.717, 1.165) is 0 Å². The highest BCUT2D eigenvalue weighted by molar-refractivity contribution is 5.75. The van der Waals surface area contributed by atoms with Crippen LogP contribution in [-0.4, -0.2) is 24.9 Å². The maximum Gasteiger partial charge on any atom is 0.170 e. The van der Waals surface area contributed by atoms with Gasteiger partial charge in [-0.2, -0.15) is 0 Å². The lowest BCUT2D eigenvalue weighted by Gasteiger charge is -2.18. The van der Waals surface area contributed by atoms with E-state index in [0.29, 0.717) is 0 Å². The lowest BCUT2D eigenvalue weighted by molar-refractivity contribution is -0.458. The van der Waals surface area contributed by atoms with Crippen LogP contribution in [0.25, 0.3) is 0 Å². The van der Waals surface area contributed by atoms with Gasteiger partial charge in [0.1, 0.15) is 14.1 Å². The highest BCUT2D eigenvalue weighted by Crippen LogP contribution is 2.21. The Hall–Kier alpha value is -1.11. The molecule has 0 aliphatic carbocycles. The van der Waals surface area contributed by atoms with Gasteiger partial charge >= 0.3 is 0 Å². The van der Waals surface area contributed by atoms with E-state index in [-0.39, 0.29) is 5.41 Å². The molecule has 1 nitrogen and oxygen atoms in total. The zero-order chi connectivity index (χ0) is 10.8. The van der Waals surface area contributed by atoms with Crippen molar-refractivity contribution in [3.63, 3.8) is 0 Å². The minimum Gasteiger partial charge on any atom is -0.241 e. The van der Waals surface area contributed by atoms with Gasteiger partial charge in [-0.25, -0.2) is 4.58 Å². The van der Waals surface area contributed by atoms with Gasteiger partial charge in [0.2, 0.25) is 0 Å². The lowest BCUT2D eigenvalue weighted by Crippen LogP contribution is -2.10. The maximum absolute atomic E-state index is 2.23. The van der Waals surface area contributed by atoms with Crippen LogP contribution >= 0.6 is 0 Å². The summed E-state index contributed by atoms with van der Waals surface area (Å²) < 4.78 is 2.06. The summed E-state index contributed by atoms with van der Waals surface area (Å²) in [4.78, 5) is 0. The molecule has 0 unspecified atom stereocenters. The van der Waals surface area contributed by atoms with E-state index in [9.17, 15) is 0 Å². The van der Waals surface area contributed by atoms with Crippen molar-refractivity contribution >= 4 is 6.21 Å². The van der Waals surface area contributed by atoms with Gasteiger partial charge in [0.25, 0.3) is 0 Å². The molecule has 0 bridgehead atoms. The van der Waals surface area contributed by atoms with E-state index in [1.165, 1.54) is 11.1 Å². The zero-order valence-corrected chi connectivity index (χ0v) is 9.83. The van der Waals surface area contributed by atoms with Crippen LogP contribution < -0.4 is 0 Å². The SMILES string of the molecule is C[N+](C)=Cc1ccc(C(C)(C)C)cc1. The van der Waals surface area contributed by atoms with Crippen molar-refractivity contribution in [1.82, 2.24) is 0 Å². The average Bonchev–Trinajstić information content (AvgIpc) is 2.02. The van der Waals surface area contributed by atoms with Gasteiger partial charge in [0.05, 0.1) is 0 Å². The third-order valence-electron chi connectivity index (χ3n) is 2.18. The second-order valence-electron chi connectivity index (χ2n) is 4.96. The molecule has 0 aliphatic heterocycles. The van der Waals surface area contributed by atoms with Crippen LogP contribution in [0.1, 0.15) is 31.9 Å². The molecular weight excluding hydrogens is 170 g/mol. The van der Waals surface area contributed by atoms with Gasteiger partial charge in [-0.1, -0.05) is 32.9 Å². The van der Waals surface area contributed by atoms with E-state index in [1.807, 2.05) is 14.1 Å². The van der Waals surface area contributed by atoms with E-state index in [4.69, 9.17) is 0 Å². The van der Waals surface area contributed by atoms with Crippen LogP contribution in [0.3, 0.4) is 0 Å². The number of hydrogen-bond donors (Lipinski definition) is 0. The molecule has 1 aromatic rings. The molecule has 0 radical (unpaired) electrons. The second kappa shape index (κ2) is 3.95. The van der Waals surface area contributed by atoms with E-state index in [1.54, 1.807) is 0 Å². The van der Waals surface area contributed by atoms with Crippen molar-refractivity contribution in [3.8, 4) is 0 Å². The fourth-order valence-corrected chi connectivity index (χ4v) is 1.37. The fraction of sp³-hybridized carbons (Fsp3) is 0.462. The molecule has 76 valence electrons. The topological polar surface area (TPSA) is 3.01 Å². The van der Waals surface area contributed by atoms with Gasteiger partial charge in [0, 0.05) is 5.56 Å². The van der Waals surface area contributed by atoms with Gasteiger partial charge < -0.3 is 0 Å². The highest BCUT2D eigenvalue weighted by Gasteiger charge is 2.12. The molecule has 0 aromatic heterocycles. The number of nitrogens with zero attached hydrogens (tertiary/aromatic N) is 1. The van der Waals surface area contributed by atoms with Crippen molar-refractivity contribution in [1.29, 1.82) is 0 Å². The van der Waals surface area contributed by atoms with Gasteiger partial charge in [-0.3, -0.25) is 0 Å². The molecule has 0 saturated carbocycles. The van der Waals surface area contributed by atoms with E-state index >= 15 is 0 Å². The number of rotatable bonds is 1. The third kappa shape index (κ3) is 2.99. The lowest BCUT2D eigenvalue weighted by atomic mass is 9.87. The van der Waals surface area contributed by atoms with Crippen LogP contribution in [0.4, 0.5) is 0 Å². The molecule has 0 fully saturated rings. The Bertz CT molecular complexity index is 321. The Kier molecular flexibility index (Phi) is 3.10. The second-order valence-corrected chi connectivity index (χ2v) is 4.96. The monoisotopic (exact) mass is 190 g/mol. The molecule has 0 heterocycles. The van der Waals surface area contributed by atoms with Crippen LogP contribution in [0.5, 0.6) is 0 Å². The summed E-state index contributed by atoms with van der Waals surface area (Å²) in [5.41, 5.74) is 2.88. The maximum atomic E-state index is 2.23. The predicted octanol–water partition coefficient (Wildman–Crippen LogP) is 2.68. The highest BCUT2D eigenvalue weighted by atomic mass is 14.9. The quantitative estimate of drug-likeness (QED) is 0.473. The first-order chi connectivity index (χ1) is 6.39. The first-order valence-corrected chi connectivity index (χ1v) is 5.01. The summed E-state index contributed by atoms with van der Waals surface area (Å²) in [6.07, 6.45) is 2.12. The summed E-state index contributed by atoms with van der Waals surface area (Å²) in [5.74, 6) is 0. The summed E-state index contributed by atoms with van der Waals surface area (Å²) >= 11 is 0. The molecule has 0 N–H and O–H groups in total. The number of hydrogen-bond acceptors (Lipinski definition) is 0. The fourth-order valence-electron chi connectivity index (χ4n) is 1.37. The van der Waals surface area contributed by atoms with Gasteiger partial charge in [0.15, 0.2) is 6.21 Å². The molecule has 0 atom stereocenters. The van der Waals surface area contributed by atoms with Crippen LogP contribution in [0.2, 0.25) is 0 Å². The molecule has 0 aliphatic rings. The van der Waals surface area contributed by atoms with Crippen molar-refractivity contribution in [2.45, 2.75) is 26.2 Å². The van der Waals surface area contributed by atoms with Crippen LogP contribution in [0.15, 0.2) is 24.3 Å². The van der Waals surface area contributed by atoms with Gasteiger partial charge in [-0.15, -0.1) is 0 Å². The minimum absolute atomic E-state index is 0.247. The molecular formula is C13H20N+. The summed E-state index contributed by atoms with van der Waals surface area (Å²) in [7, 11) is 4.08. The molecule has 0 saturated heterocycles. The predicted molar refractivity (Wildman–Crippen MR) is 62.4 cm³/mol. The first-order valence-electron chi connectivity index (χ1n) is 5.01. The Labute approximate surface area is 87.1 Å². The van der Waals surface area contributed by atoms with Crippen molar-refractivity contribution in [2.75, 3.05) is 14.1 Å². The van der Waals surface area contributed by atoms with Crippen LogP contribution in [-0.2, 0) is 5.41 Å². The standard InChI is InChI=1S/C13H20N/c1-13(2,3)12-8-6-11(7-9-12)10-14(4)5/h6-10H,1-5H3/q+1. The molecule has 0 amide bonds. The third-order valence-corrected chi connectivity index (χ3v) is 2.18. The zero-order valence-electron chi connectivity index (χ0n) is 9.83. The molecule has 14 heavy (non-hydrogen) atoms. The van der Waals surface area contributed by atoms with Crippen LogP contribution in [0, 0.1) is 0 Å². The average molecular weight is 190 g/mol. The Morgan fingerprint density at radius 3 is 1.86 bits per heavy atom. The Morgan fingerprint density at radius 1 is 1.00 bits per heavy atom. The first kappa shape index (κ1) is 11.0. The molecule has 1 rings (SSSR count). The molecule has 1 aromatic carbocycles. The van der Waals surface area contributed by atoms with E-state index in [2.05, 4.69) is 55.8 Å².